The molecule has 2 amide bonds. The van der Waals surface area contributed by atoms with Crippen LogP contribution >= 0.6 is 0 Å². The zero-order valence-electron chi connectivity index (χ0n) is 15.1. The minimum atomic E-state index is -0.759. The van der Waals surface area contributed by atoms with Crippen molar-refractivity contribution in [2.24, 2.45) is 10.8 Å². The van der Waals surface area contributed by atoms with Crippen molar-refractivity contribution in [3.05, 3.63) is 0 Å². The number of amides is 2. The first-order chi connectivity index (χ1) is 12.0. The lowest BCUT2D eigenvalue weighted by Gasteiger charge is -2.35. The van der Waals surface area contributed by atoms with Crippen molar-refractivity contribution in [2.75, 3.05) is 26.7 Å². The van der Waals surface area contributed by atoms with Crippen LogP contribution in [0.1, 0.15) is 51.4 Å². The zero-order valence-corrected chi connectivity index (χ0v) is 15.1. The average Bonchev–Trinajstić information content (AvgIpc) is 2.85. The molecule has 25 heavy (non-hydrogen) atoms. The van der Waals surface area contributed by atoms with E-state index in [1.54, 1.807) is 0 Å². The Morgan fingerprint density at radius 1 is 1.20 bits per heavy atom. The molecule has 2 aliphatic heterocycles. The van der Waals surface area contributed by atoms with Crippen LogP contribution in [-0.4, -0.2) is 60.4 Å². The zero-order chi connectivity index (χ0) is 17.7. The predicted octanol–water partition coefficient (Wildman–Crippen LogP) is 1.27. The van der Waals surface area contributed by atoms with Gasteiger partial charge in [-0.1, -0.05) is 12.8 Å². The Bertz CT molecular complexity index is 613. The van der Waals surface area contributed by atoms with Gasteiger partial charge in [-0.05, 0) is 38.5 Å². The van der Waals surface area contributed by atoms with Crippen LogP contribution in [0.25, 0.3) is 0 Å². The van der Waals surface area contributed by atoms with Gasteiger partial charge in [0.15, 0.2) is 0 Å². The van der Waals surface area contributed by atoms with Crippen LogP contribution in [0, 0.1) is 22.2 Å². The van der Waals surface area contributed by atoms with Crippen LogP contribution in [0.15, 0.2) is 0 Å². The van der Waals surface area contributed by atoms with E-state index < -0.39 is 5.41 Å². The van der Waals surface area contributed by atoms with Crippen LogP contribution in [0.2, 0.25) is 0 Å². The van der Waals surface area contributed by atoms with E-state index in [-0.39, 0.29) is 29.3 Å². The summed E-state index contributed by atoms with van der Waals surface area (Å²) in [6.07, 6.45) is 7.77. The number of likely N-dealkylation sites (tertiary alicyclic amines) is 2. The minimum absolute atomic E-state index is 0.0204. The molecule has 0 aromatic heterocycles. The summed E-state index contributed by atoms with van der Waals surface area (Å²) in [7, 11) is 1.87. The Balaban J connectivity index is 1.31. The van der Waals surface area contributed by atoms with Gasteiger partial charge >= 0.3 is 0 Å². The number of nitrogens with zero attached hydrogens (tertiary/aromatic N) is 3. The second kappa shape index (κ2) is 5.98. The molecule has 0 radical (unpaired) electrons. The highest BCUT2D eigenvalue weighted by atomic mass is 16.2. The number of likely N-dealkylation sites (N-methyl/N-ethyl adjacent to an activating group) is 1. The predicted molar refractivity (Wildman–Crippen MR) is 92.3 cm³/mol. The van der Waals surface area contributed by atoms with Crippen molar-refractivity contribution < 1.29 is 9.59 Å². The smallest absolute Gasteiger partial charge is 0.241 e. The van der Waals surface area contributed by atoms with E-state index in [1.807, 2.05) is 11.9 Å². The Morgan fingerprint density at radius 3 is 2.44 bits per heavy atom. The average molecular weight is 344 g/mol. The number of hydrogen-bond acceptors (Lipinski definition) is 4. The van der Waals surface area contributed by atoms with Crippen LogP contribution in [0.4, 0.5) is 0 Å². The molecule has 1 N–H and O–H groups in total. The van der Waals surface area contributed by atoms with Gasteiger partial charge in [0, 0.05) is 38.1 Å². The number of carbonyl (C=O) groups excluding carboxylic acids is 2. The second-order valence-electron chi connectivity index (χ2n) is 8.53. The highest BCUT2D eigenvalue weighted by Crippen LogP contribution is 2.71. The quantitative estimate of drug-likeness (QED) is 0.836. The fraction of sp³-hybridized carbons (Fsp3) is 0.842. The number of nitrogens with one attached hydrogen (secondary N) is 1. The van der Waals surface area contributed by atoms with Crippen LogP contribution in [-0.2, 0) is 9.59 Å². The van der Waals surface area contributed by atoms with Crippen LogP contribution < -0.4 is 5.32 Å². The Labute approximate surface area is 149 Å². The van der Waals surface area contributed by atoms with Crippen molar-refractivity contribution in [3.8, 4) is 6.07 Å². The summed E-state index contributed by atoms with van der Waals surface area (Å²) in [4.78, 5) is 29.1. The second-order valence-corrected chi connectivity index (χ2v) is 8.53. The van der Waals surface area contributed by atoms with Gasteiger partial charge in [0.05, 0.1) is 12.1 Å². The third-order valence-electron chi connectivity index (χ3n) is 7.23. The lowest BCUT2D eigenvalue weighted by molar-refractivity contribution is -0.132. The maximum Gasteiger partial charge on any atom is 0.241 e. The standard InChI is InChI=1S/C19H28N4O2/c1-22-9-6-15(16(22)24)23-10-4-14(5-11-23)21-17(25)19(13-20)12-18(19)7-2-3-8-18/h14-15H,2-12H2,1H3,(H,21,25)/t15-,19+/m0/s1. The highest BCUT2D eigenvalue weighted by molar-refractivity contribution is 5.90. The molecule has 0 aromatic rings. The van der Waals surface area contributed by atoms with Gasteiger partial charge in [-0.25, -0.2) is 0 Å². The Kier molecular flexibility index (Phi) is 4.03. The lowest BCUT2D eigenvalue weighted by atomic mass is 9.90. The fourth-order valence-electron chi connectivity index (χ4n) is 5.46. The van der Waals surface area contributed by atoms with Crippen molar-refractivity contribution in [1.29, 1.82) is 5.26 Å². The third-order valence-corrected chi connectivity index (χ3v) is 7.23. The van der Waals surface area contributed by atoms with Crippen molar-refractivity contribution >= 4 is 11.8 Å². The van der Waals surface area contributed by atoms with E-state index in [0.29, 0.717) is 0 Å². The first-order valence-electron chi connectivity index (χ1n) is 9.73. The van der Waals surface area contributed by atoms with Gasteiger partial charge in [0.1, 0.15) is 5.41 Å². The van der Waals surface area contributed by atoms with Gasteiger partial charge < -0.3 is 10.2 Å². The summed E-state index contributed by atoms with van der Waals surface area (Å²) in [5, 5.41) is 12.8. The Morgan fingerprint density at radius 2 is 1.88 bits per heavy atom. The fourth-order valence-corrected chi connectivity index (χ4v) is 5.46. The largest absolute Gasteiger partial charge is 0.352 e. The van der Waals surface area contributed by atoms with E-state index in [9.17, 15) is 14.9 Å². The molecule has 2 saturated carbocycles. The summed E-state index contributed by atoms with van der Waals surface area (Å²) in [6, 6.07) is 2.53. The summed E-state index contributed by atoms with van der Waals surface area (Å²) >= 11 is 0. The molecule has 2 atom stereocenters. The van der Waals surface area contributed by atoms with Crippen molar-refractivity contribution in [2.45, 2.75) is 63.5 Å². The van der Waals surface area contributed by atoms with E-state index in [1.165, 1.54) is 0 Å². The molecule has 4 rings (SSSR count). The normalized spacial score (nSPS) is 35.1. The summed E-state index contributed by atoms with van der Waals surface area (Å²) in [5.74, 6) is 0.194. The number of nitriles is 1. The lowest BCUT2D eigenvalue weighted by Crippen LogP contribution is -2.51. The molecule has 0 unspecified atom stereocenters. The van der Waals surface area contributed by atoms with E-state index in [4.69, 9.17) is 0 Å². The topological polar surface area (TPSA) is 76.4 Å². The molecule has 6 nitrogen and oxygen atoms in total. The highest BCUT2D eigenvalue weighted by Gasteiger charge is 2.72. The summed E-state index contributed by atoms with van der Waals surface area (Å²) < 4.78 is 0. The van der Waals surface area contributed by atoms with E-state index in [2.05, 4.69) is 16.3 Å². The maximum atomic E-state index is 12.8. The molecule has 2 heterocycles. The molecule has 2 saturated heterocycles. The molecular weight excluding hydrogens is 316 g/mol. The Hall–Kier alpha value is -1.61. The van der Waals surface area contributed by atoms with E-state index in [0.717, 1.165) is 71.0 Å². The molecule has 136 valence electrons. The molecule has 0 bridgehead atoms. The number of rotatable bonds is 3. The van der Waals surface area contributed by atoms with Gasteiger partial charge in [-0.3, -0.25) is 14.5 Å². The number of carbonyl (C=O) groups is 2. The molecule has 6 heteroatoms. The minimum Gasteiger partial charge on any atom is -0.352 e. The van der Waals surface area contributed by atoms with Gasteiger partial charge in [0.25, 0.3) is 0 Å². The number of piperidine rings is 1. The van der Waals surface area contributed by atoms with Crippen molar-refractivity contribution in [1.82, 2.24) is 15.1 Å². The summed E-state index contributed by atoms with van der Waals surface area (Å²) in [5.41, 5.74) is -0.780. The SMILES string of the molecule is CN1CC[C@H](N2CCC(NC(=O)[C@]3(C#N)CC34CCCC4)CC2)C1=O. The third kappa shape index (κ3) is 2.55. The summed E-state index contributed by atoms with van der Waals surface area (Å²) in [6.45, 7) is 2.53. The molecule has 4 fully saturated rings. The van der Waals surface area contributed by atoms with E-state index >= 15 is 0 Å². The van der Waals surface area contributed by atoms with Gasteiger partial charge in [-0.2, -0.15) is 5.26 Å². The van der Waals surface area contributed by atoms with Crippen LogP contribution in [0.3, 0.4) is 0 Å². The van der Waals surface area contributed by atoms with Crippen LogP contribution in [0.5, 0.6) is 0 Å². The number of hydrogen-bond donors (Lipinski definition) is 1. The molecule has 0 aromatic carbocycles. The molecule has 2 aliphatic carbocycles. The monoisotopic (exact) mass is 344 g/mol. The first-order valence-corrected chi connectivity index (χ1v) is 9.73. The first kappa shape index (κ1) is 16.8. The maximum absolute atomic E-state index is 12.8. The molecule has 4 aliphatic rings. The van der Waals surface area contributed by atoms with Gasteiger partial charge in [-0.15, -0.1) is 0 Å². The van der Waals surface area contributed by atoms with Gasteiger partial charge in [0.2, 0.25) is 11.8 Å². The molecule has 1 spiro atoms. The van der Waals surface area contributed by atoms with Crippen molar-refractivity contribution in [3.63, 3.8) is 0 Å². The molecular formula is C19H28N4O2.